The van der Waals surface area contributed by atoms with Gasteiger partial charge in [-0.2, -0.15) is 0 Å². The van der Waals surface area contributed by atoms with Gasteiger partial charge in [0.15, 0.2) is 0 Å². The smallest absolute Gasteiger partial charge is 0.237 e. The first kappa shape index (κ1) is 17.7. The molecule has 2 heterocycles. The third-order valence-electron chi connectivity index (χ3n) is 4.91. The molecule has 22 heavy (non-hydrogen) atoms. The molecule has 0 aromatic heterocycles. The summed E-state index contributed by atoms with van der Waals surface area (Å²) in [6.45, 7) is 1.04. The zero-order valence-corrected chi connectivity index (χ0v) is 13.9. The lowest BCUT2D eigenvalue weighted by Gasteiger charge is -2.43. The maximum Gasteiger partial charge on any atom is 0.237 e. The predicted octanol–water partition coefficient (Wildman–Crippen LogP) is -1.15. The fraction of sp³-hybridized carbons (Fsp3) is 0.929. The van der Waals surface area contributed by atoms with Gasteiger partial charge in [-0.3, -0.25) is 9.69 Å². The summed E-state index contributed by atoms with van der Waals surface area (Å²) >= 11 is 0. The van der Waals surface area contributed by atoms with E-state index < -0.39 is 21.5 Å². The lowest BCUT2D eigenvalue weighted by atomic mass is 9.87. The number of rotatable bonds is 8. The molecule has 0 saturated carbocycles. The zero-order chi connectivity index (χ0) is 16.4. The number of piperidine rings is 1. The molecule has 8 heteroatoms. The number of aliphatic hydroxyl groups is 1. The van der Waals surface area contributed by atoms with E-state index in [2.05, 4.69) is 10.2 Å². The van der Waals surface area contributed by atoms with Crippen LogP contribution in [0.25, 0.3) is 0 Å². The standard InChI is InChI=1S/C14H27N3O4S/c1-22(20,21)8-7-16-9-12(18)10-17-11-3-2-5-14(17,6-4-11)13(15)19/h11-12,16,18H,2-10H2,1H3,(H2,15,19)/t11-,12-,14+/m1/s1. The molecule has 0 spiro atoms. The van der Waals surface area contributed by atoms with Crippen LogP contribution < -0.4 is 11.1 Å². The number of primary amides is 1. The topological polar surface area (TPSA) is 113 Å². The van der Waals surface area contributed by atoms with Crippen LogP contribution in [0.5, 0.6) is 0 Å². The highest BCUT2D eigenvalue weighted by molar-refractivity contribution is 7.90. The summed E-state index contributed by atoms with van der Waals surface area (Å²) in [6.07, 6.45) is 5.10. The molecular weight excluding hydrogens is 306 g/mol. The number of fused-ring (bicyclic) bond motifs is 2. The van der Waals surface area contributed by atoms with E-state index in [0.717, 1.165) is 32.1 Å². The minimum Gasteiger partial charge on any atom is -0.390 e. The number of carbonyl (C=O) groups is 1. The molecule has 0 aromatic rings. The van der Waals surface area contributed by atoms with Gasteiger partial charge in [0.1, 0.15) is 15.4 Å². The highest BCUT2D eigenvalue weighted by Crippen LogP contribution is 2.43. The SMILES string of the molecule is CS(=O)(=O)CCNC[C@@H](O)CN1[C@@H]2CCC[C@@]1(C(N)=O)CC2. The molecule has 4 N–H and O–H groups in total. The van der Waals surface area contributed by atoms with Gasteiger partial charge in [0.25, 0.3) is 0 Å². The average Bonchev–Trinajstić information content (AvgIpc) is 2.62. The molecule has 2 saturated heterocycles. The van der Waals surface area contributed by atoms with Crippen molar-refractivity contribution in [3.8, 4) is 0 Å². The summed E-state index contributed by atoms with van der Waals surface area (Å²) in [5, 5.41) is 13.1. The van der Waals surface area contributed by atoms with Gasteiger partial charge in [0.2, 0.25) is 5.91 Å². The van der Waals surface area contributed by atoms with Crippen LogP contribution >= 0.6 is 0 Å². The van der Waals surface area contributed by atoms with Crippen molar-refractivity contribution in [3.63, 3.8) is 0 Å². The number of aliphatic hydroxyl groups excluding tert-OH is 1. The van der Waals surface area contributed by atoms with Crippen LogP contribution in [-0.2, 0) is 14.6 Å². The molecule has 0 radical (unpaired) electrons. The van der Waals surface area contributed by atoms with Crippen molar-refractivity contribution in [2.75, 3.05) is 31.6 Å². The van der Waals surface area contributed by atoms with Gasteiger partial charge in [-0.1, -0.05) is 0 Å². The molecule has 3 atom stereocenters. The monoisotopic (exact) mass is 333 g/mol. The molecule has 0 aromatic carbocycles. The lowest BCUT2D eigenvalue weighted by molar-refractivity contribution is -0.132. The summed E-state index contributed by atoms with van der Waals surface area (Å²) in [6, 6.07) is 0.326. The maximum absolute atomic E-state index is 11.9. The van der Waals surface area contributed by atoms with Crippen molar-refractivity contribution in [1.29, 1.82) is 0 Å². The van der Waals surface area contributed by atoms with E-state index in [1.807, 2.05) is 0 Å². The first-order valence-corrected chi connectivity index (χ1v) is 9.94. The number of amides is 1. The van der Waals surface area contributed by atoms with E-state index in [1.165, 1.54) is 6.26 Å². The molecule has 0 aliphatic carbocycles. The molecule has 2 aliphatic rings. The summed E-state index contributed by atoms with van der Waals surface area (Å²) in [5.41, 5.74) is 5.04. The maximum atomic E-state index is 11.9. The number of hydrogen-bond acceptors (Lipinski definition) is 6. The van der Waals surface area contributed by atoms with Crippen LogP contribution in [0, 0.1) is 0 Å². The second-order valence-electron chi connectivity index (χ2n) is 6.62. The molecule has 2 fully saturated rings. The van der Waals surface area contributed by atoms with Crippen LogP contribution in [0.3, 0.4) is 0 Å². The Labute approximate surface area is 132 Å². The van der Waals surface area contributed by atoms with Gasteiger partial charge >= 0.3 is 0 Å². The lowest BCUT2D eigenvalue weighted by Crippen LogP contribution is -2.60. The predicted molar refractivity (Wildman–Crippen MR) is 84.1 cm³/mol. The summed E-state index contributed by atoms with van der Waals surface area (Å²) in [7, 11) is -2.99. The van der Waals surface area contributed by atoms with E-state index in [1.54, 1.807) is 0 Å². The number of sulfone groups is 1. The summed E-state index contributed by atoms with van der Waals surface area (Å²) < 4.78 is 22.1. The molecule has 128 valence electrons. The Kier molecular flexibility index (Phi) is 5.47. The highest BCUT2D eigenvalue weighted by Gasteiger charge is 2.52. The summed E-state index contributed by atoms with van der Waals surface area (Å²) in [5.74, 6) is -0.232. The Hall–Kier alpha value is -0.700. The van der Waals surface area contributed by atoms with Crippen molar-refractivity contribution in [3.05, 3.63) is 0 Å². The fourth-order valence-corrected chi connectivity index (χ4v) is 4.30. The van der Waals surface area contributed by atoms with Gasteiger partial charge in [-0.15, -0.1) is 0 Å². The highest BCUT2D eigenvalue weighted by atomic mass is 32.2. The minimum absolute atomic E-state index is 0.0529. The minimum atomic E-state index is -2.99. The van der Waals surface area contributed by atoms with Gasteiger partial charge in [-0.05, 0) is 32.1 Å². The quantitative estimate of drug-likeness (QED) is 0.484. The molecule has 2 aliphatic heterocycles. The van der Waals surface area contributed by atoms with Crippen LogP contribution in [0.2, 0.25) is 0 Å². The normalized spacial score (nSPS) is 30.4. The van der Waals surface area contributed by atoms with Gasteiger partial charge in [0, 0.05) is 31.9 Å². The fourth-order valence-electron chi connectivity index (χ4n) is 3.78. The van der Waals surface area contributed by atoms with E-state index in [9.17, 15) is 18.3 Å². The Balaban J connectivity index is 1.85. The Bertz CT molecular complexity index is 506. The van der Waals surface area contributed by atoms with Gasteiger partial charge < -0.3 is 16.2 Å². The molecule has 0 unspecified atom stereocenters. The zero-order valence-electron chi connectivity index (χ0n) is 13.1. The molecular formula is C14H27N3O4S. The van der Waals surface area contributed by atoms with Crippen molar-refractivity contribution in [2.24, 2.45) is 5.73 Å². The third-order valence-corrected chi connectivity index (χ3v) is 5.85. The second kappa shape index (κ2) is 6.82. The van der Waals surface area contributed by atoms with E-state index >= 15 is 0 Å². The Morgan fingerprint density at radius 3 is 2.82 bits per heavy atom. The van der Waals surface area contributed by atoms with Crippen LogP contribution in [0.4, 0.5) is 0 Å². The number of nitrogens with one attached hydrogen (secondary N) is 1. The average molecular weight is 333 g/mol. The second-order valence-corrected chi connectivity index (χ2v) is 8.88. The van der Waals surface area contributed by atoms with E-state index in [0.29, 0.717) is 25.7 Å². The molecule has 1 amide bonds. The van der Waals surface area contributed by atoms with Crippen molar-refractivity contribution >= 4 is 15.7 Å². The first-order valence-electron chi connectivity index (χ1n) is 7.88. The number of hydrogen-bond donors (Lipinski definition) is 3. The van der Waals surface area contributed by atoms with E-state index in [4.69, 9.17) is 5.73 Å². The van der Waals surface area contributed by atoms with Crippen molar-refractivity contribution in [1.82, 2.24) is 10.2 Å². The Morgan fingerprint density at radius 2 is 2.18 bits per heavy atom. The van der Waals surface area contributed by atoms with Gasteiger partial charge in [0.05, 0.1) is 11.9 Å². The van der Waals surface area contributed by atoms with Crippen LogP contribution in [0.1, 0.15) is 32.1 Å². The van der Waals surface area contributed by atoms with Crippen LogP contribution in [0.15, 0.2) is 0 Å². The number of nitrogens with two attached hydrogens (primary N) is 1. The van der Waals surface area contributed by atoms with Crippen LogP contribution in [-0.4, -0.2) is 73.7 Å². The van der Waals surface area contributed by atoms with Crippen molar-refractivity contribution in [2.45, 2.75) is 49.8 Å². The van der Waals surface area contributed by atoms with Crippen molar-refractivity contribution < 1.29 is 18.3 Å². The Morgan fingerprint density at radius 1 is 1.45 bits per heavy atom. The molecule has 2 bridgehead atoms. The summed E-state index contributed by atoms with van der Waals surface area (Å²) in [4.78, 5) is 14.0. The number of β-amino-alcohol motifs (C(OH)–C–C–N with tert-alkyl or cyclic N) is 1. The molecule has 2 rings (SSSR count). The largest absolute Gasteiger partial charge is 0.390 e. The number of nitrogens with zero attached hydrogens (tertiary/aromatic N) is 1. The third kappa shape index (κ3) is 3.98. The molecule has 7 nitrogen and oxygen atoms in total. The first-order chi connectivity index (χ1) is 10.2. The van der Waals surface area contributed by atoms with Gasteiger partial charge in [-0.25, -0.2) is 8.42 Å². The van der Waals surface area contributed by atoms with E-state index in [-0.39, 0.29) is 11.7 Å². The number of carbonyl (C=O) groups excluding carboxylic acids is 1.